The van der Waals surface area contributed by atoms with Crippen molar-refractivity contribution in [3.63, 3.8) is 0 Å². The van der Waals surface area contributed by atoms with Crippen LogP contribution in [0.1, 0.15) is 12.8 Å². The number of amides is 1. The molecule has 2 aromatic heterocycles. The monoisotopic (exact) mass is 414 g/mol. The molecule has 1 saturated heterocycles. The van der Waals surface area contributed by atoms with Gasteiger partial charge in [-0.1, -0.05) is 6.07 Å². The predicted molar refractivity (Wildman–Crippen MR) is 113 cm³/mol. The molecule has 8 nitrogen and oxygen atoms in total. The Balaban J connectivity index is 1.78. The van der Waals surface area contributed by atoms with Gasteiger partial charge in [0.25, 0.3) is 5.56 Å². The number of nitrogens with one attached hydrogen (secondary N) is 1. The highest BCUT2D eigenvalue weighted by Gasteiger charge is 2.26. The standard InChI is InChI=1S/C20H22N4O4S/c1-27-14-6-5-11(8-15(14)28-2)13-10-29-17-16(13)22-20(23-19(17)26)24-7-3-4-12(9-24)18(21)25/h5-6,8,10,12H,3-4,7,9H2,1-2H3,(H2,21,25)(H,22,23,26). The van der Waals surface area contributed by atoms with Crippen molar-refractivity contribution in [2.24, 2.45) is 11.7 Å². The Morgan fingerprint density at radius 3 is 2.83 bits per heavy atom. The Morgan fingerprint density at radius 2 is 2.10 bits per heavy atom. The molecule has 0 aliphatic carbocycles. The second-order valence-corrected chi connectivity index (χ2v) is 7.85. The van der Waals surface area contributed by atoms with E-state index in [1.165, 1.54) is 11.3 Å². The number of carbonyl (C=O) groups is 1. The van der Waals surface area contributed by atoms with Gasteiger partial charge in [-0.3, -0.25) is 14.6 Å². The summed E-state index contributed by atoms with van der Waals surface area (Å²) >= 11 is 1.35. The van der Waals surface area contributed by atoms with Crippen molar-refractivity contribution in [1.82, 2.24) is 9.97 Å². The Bertz CT molecular complexity index is 1120. The van der Waals surface area contributed by atoms with Gasteiger partial charge in [-0.25, -0.2) is 4.98 Å². The molecule has 0 bridgehead atoms. The number of nitrogens with two attached hydrogens (primary N) is 1. The van der Waals surface area contributed by atoms with Gasteiger partial charge in [0, 0.05) is 24.0 Å². The van der Waals surface area contributed by atoms with Gasteiger partial charge in [0.2, 0.25) is 11.9 Å². The first-order valence-corrected chi connectivity index (χ1v) is 10.2. The van der Waals surface area contributed by atoms with Gasteiger partial charge in [0.15, 0.2) is 11.5 Å². The van der Waals surface area contributed by atoms with E-state index in [9.17, 15) is 9.59 Å². The zero-order valence-corrected chi connectivity index (χ0v) is 17.0. The molecule has 9 heteroatoms. The van der Waals surface area contributed by atoms with Crippen LogP contribution >= 0.6 is 11.3 Å². The van der Waals surface area contributed by atoms with E-state index in [2.05, 4.69) is 4.98 Å². The molecule has 29 heavy (non-hydrogen) atoms. The van der Waals surface area contributed by atoms with Crippen LogP contribution in [-0.4, -0.2) is 43.2 Å². The van der Waals surface area contributed by atoms with Crippen LogP contribution in [0.15, 0.2) is 28.4 Å². The summed E-state index contributed by atoms with van der Waals surface area (Å²) in [6, 6.07) is 5.61. The van der Waals surface area contributed by atoms with Crippen molar-refractivity contribution in [2.45, 2.75) is 12.8 Å². The van der Waals surface area contributed by atoms with Crippen molar-refractivity contribution in [3.05, 3.63) is 33.9 Å². The van der Waals surface area contributed by atoms with E-state index in [1.54, 1.807) is 14.2 Å². The summed E-state index contributed by atoms with van der Waals surface area (Å²) in [5.74, 6) is 1.15. The van der Waals surface area contributed by atoms with E-state index in [0.717, 1.165) is 24.0 Å². The average Bonchev–Trinajstić information content (AvgIpc) is 3.18. The molecule has 1 unspecified atom stereocenters. The Hall–Kier alpha value is -3.07. The molecule has 0 spiro atoms. The van der Waals surface area contributed by atoms with Gasteiger partial charge in [-0.05, 0) is 30.5 Å². The number of aromatic amines is 1. The van der Waals surface area contributed by atoms with Crippen molar-refractivity contribution in [2.75, 3.05) is 32.2 Å². The fraction of sp³-hybridized carbons (Fsp3) is 0.350. The highest BCUT2D eigenvalue weighted by molar-refractivity contribution is 7.17. The summed E-state index contributed by atoms with van der Waals surface area (Å²) in [7, 11) is 3.17. The largest absolute Gasteiger partial charge is 0.493 e. The van der Waals surface area contributed by atoms with Crippen LogP contribution in [0, 0.1) is 5.92 Å². The van der Waals surface area contributed by atoms with Crippen LogP contribution in [0.25, 0.3) is 21.3 Å². The first-order valence-electron chi connectivity index (χ1n) is 9.30. The number of anilines is 1. The fourth-order valence-corrected chi connectivity index (χ4v) is 4.58. The minimum Gasteiger partial charge on any atom is -0.493 e. The summed E-state index contributed by atoms with van der Waals surface area (Å²) in [6.07, 6.45) is 1.58. The predicted octanol–water partition coefficient (Wildman–Crippen LogP) is 2.37. The zero-order chi connectivity index (χ0) is 20.5. The maximum Gasteiger partial charge on any atom is 0.270 e. The smallest absolute Gasteiger partial charge is 0.270 e. The van der Waals surface area contributed by atoms with Gasteiger partial charge in [0.05, 0.1) is 25.7 Å². The van der Waals surface area contributed by atoms with Crippen LogP contribution in [-0.2, 0) is 4.79 Å². The number of fused-ring (bicyclic) bond motifs is 1. The molecule has 0 saturated carbocycles. The third-order valence-corrected chi connectivity index (χ3v) is 6.20. The molecule has 1 aliphatic heterocycles. The number of benzene rings is 1. The van der Waals surface area contributed by atoms with Gasteiger partial charge in [0.1, 0.15) is 4.70 Å². The first-order chi connectivity index (χ1) is 14.0. The molecule has 1 fully saturated rings. The van der Waals surface area contributed by atoms with Crippen molar-refractivity contribution >= 4 is 33.4 Å². The third kappa shape index (κ3) is 3.53. The fourth-order valence-electron chi connectivity index (χ4n) is 3.68. The van der Waals surface area contributed by atoms with Crippen molar-refractivity contribution < 1.29 is 14.3 Å². The Morgan fingerprint density at radius 1 is 1.31 bits per heavy atom. The first kappa shape index (κ1) is 19.3. The summed E-state index contributed by atoms with van der Waals surface area (Å²) in [4.78, 5) is 33.8. The van der Waals surface area contributed by atoms with E-state index < -0.39 is 0 Å². The summed E-state index contributed by atoms with van der Waals surface area (Å²) in [5.41, 5.74) is 7.65. The molecule has 1 aromatic carbocycles. The summed E-state index contributed by atoms with van der Waals surface area (Å²) in [6.45, 7) is 1.17. The van der Waals surface area contributed by atoms with E-state index in [4.69, 9.17) is 20.2 Å². The lowest BCUT2D eigenvalue weighted by molar-refractivity contribution is -0.122. The maximum atomic E-state index is 12.7. The molecule has 152 valence electrons. The molecular formula is C20H22N4O4S. The van der Waals surface area contributed by atoms with Crippen LogP contribution in [0.5, 0.6) is 11.5 Å². The number of methoxy groups -OCH3 is 2. The van der Waals surface area contributed by atoms with Crippen LogP contribution < -0.4 is 25.7 Å². The number of piperidine rings is 1. The quantitative estimate of drug-likeness (QED) is 0.663. The zero-order valence-electron chi connectivity index (χ0n) is 16.2. The lowest BCUT2D eigenvalue weighted by Gasteiger charge is -2.31. The number of ether oxygens (including phenoxy) is 2. The van der Waals surface area contributed by atoms with E-state index in [0.29, 0.717) is 40.8 Å². The molecule has 4 rings (SSSR count). The minimum atomic E-state index is -0.320. The molecular weight excluding hydrogens is 392 g/mol. The molecule has 3 heterocycles. The van der Waals surface area contributed by atoms with Gasteiger partial charge in [-0.2, -0.15) is 0 Å². The average molecular weight is 414 g/mol. The lowest BCUT2D eigenvalue weighted by Crippen LogP contribution is -2.42. The Labute approximate surface area is 171 Å². The number of primary amides is 1. The minimum absolute atomic E-state index is 0.192. The normalized spacial score (nSPS) is 16.8. The molecule has 3 N–H and O–H groups in total. The third-order valence-electron chi connectivity index (χ3n) is 5.23. The van der Waals surface area contributed by atoms with Gasteiger partial charge >= 0.3 is 0 Å². The number of H-pyrrole nitrogens is 1. The molecule has 0 radical (unpaired) electrons. The molecule has 1 aliphatic rings. The maximum absolute atomic E-state index is 12.7. The Kier molecular flexibility index (Phi) is 5.14. The number of carbonyl (C=O) groups excluding carboxylic acids is 1. The second kappa shape index (κ2) is 7.75. The molecule has 1 atom stereocenters. The highest BCUT2D eigenvalue weighted by Crippen LogP contribution is 2.37. The van der Waals surface area contributed by atoms with E-state index in [-0.39, 0.29) is 17.4 Å². The van der Waals surface area contributed by atoms with E-state index >= 15 is 0 Å². The number of thiophene rings is 1. The molecule has 3 aromatic rings. The summed E-state index contributed by atoms with van der Waals surface area (Å²) < 4.78 is 11.3. The van der Waals surface area contributed by atoms with Crippen molar-refractivity contribution in [3.8, 4) is 22.6 Å². The van der Waals surface area contributed by atoms with Crippen LogP contribution in [0.4, 0.5) is 5.95 Å². The van der Waals surface area contributed by atoms with Crippen LogP contribution in [0.2, 0.25) is 0 Å². The lowest BCUT2D eigenvalue weighted by atomic mass is 9.98. The number of aromatic nitrogens is 2. The van der Waals surface area contributed by atoms with Gasteiger partial charge < -0.3 is 20.1 Å². The topological polar surface area (TPSA) is 111 Å². The van der Waals surface area contributed by atoms with Gasteiger partial charge in [-0.15, -0.1) is 11.3 Å². The van der Waals surface area contributed by atoms with Crippen molar-refractivity contribution in [1.29, 1.82) is 0 Å². The number of rotatable bonds is 5. The number of hydrogen-bond acceptors (Lipinski definition) is 7. The number of hydrogen-bond donors (Lipinski definition) is 2. The second-order valence-electron chi connectivity index (χ2n) is 6.97. The highest BCUT2D eigenvalue weighted by atomic mass is 32.1. The van der Waals surface area contributed by atoms with E-state index in [1.807, 2.05) is 28.5 Å². The van der Waals surface area contributed by atoms with Crippen LogP contribution in [0.3, 0.4) is 0 Å². The SMILES string of the molecule is COc1ccc(-c2csc3c(=O)[nH]c(N4CCCC(C(N)=O)C4)nc23)cc1OC. The molecule has 1 amide bonds. The number of nitrogens with zero attached hydrogens (tertiary/aromatic N) is 2. The summed E-state index contributed by atoms with van der Waals surface area (Å²) in [5, 5.41) is 1.92.